The fraction of sp³-hybridized carbons (Fsp3) is 0.423. The van der Waals surface area contributed by atoms with Crippen molar-refractivity contribution in [2.75, 3.05) is 11.4 Å². The number of carbonyl (C=O) groups is 1. The molecule has 34 heavy (non-hydrogen) atoms. The Kier molecular flexibility index (Phi) is 6.41. The summed E-state index contributed by atoms with van der Waals surface area (Å²) in [6, 6.07) is 8.40. The second kappa shape index (κ2) is 9.62. The maximum atomic E-state index is 13.2. The standard InChI is InChI=1S/C26H31N5O2S/c1-4-5-8-19(11-18-12-27-22-10-7-6-9-20(18)22)29-25(32)23-13-28-26(34-23)31-14-16(2)24-21(15-31)17(3)30-33-24/h6-7,9-10,12-13,16,19,27H,4-5,8,11,14-15H2,1-3H3,(H,29,32)/t16-,19?/m0/s1. The lowest BCUT2D eigenvalue weighted by molar-refractivity contribution is 0.0938. The van der Waals surface area contributed by atoms with Crippen molar-refractivity contribution in [2.24, 2.45) is 0 Å². The van der Waals surface area contributed by atoms with E-state index in [1.807, 2.05) is 13.0 Å². The Balaban J connectivity index is 1.29. The number of nitrogens with one attached hydrogen (secondary N) is 2. The smallest absolute Gasteiger partial charge is 0.263 e. The second-order valence-electron chi connectivity index (χ2n) is 9.28. The summed E-state index contributed by atoms with van der Waals surface area (Å²) < 4.78 is 5.51. The molecule has 1 aliphatic rings. The topological polar surface area (TPSA) is 87.0 Å². The van der Waals surface area contributed by atoms with Gasteiger partial charge < -0.3 is 19.7 Å². The molecule has 178 valence electrons. The van der Waals surface area contributed by atoms with E-state index in [1.165, 1.54) is 22.3 Å². The van der Waals surface area contributed by atoms with Crippen molar-refractivity contribution in [1.82, 2.24) is 20.4 Å². The number of aromatic amines is 1. The number of unbranched alkanes of at least 4 members (excludes halogenated alkanes) is 1. The van der Waals surface area contributed by atoms with E-state index in [0.717, 1.165) is 59.9 Å². The van der Waals surface area contributed by atoms with Crippen molar-refractivity contribution >= 4 is 33.3 Å². The van der Waals surface area contributed by atoms with Gasteiger partial charge in [-0.05, 0) is 31.4 Å². The van der Waals surface area contributed by atoms with Crippen LogP contribution in [0, 0.1) is 6.92 Å². The van der Waals surface area contributed by atoms with Crippen molar-refractivity contribution in [1.29, 1.82) is 0 Å². The molecule has 1 aromatic carbocycles. The predicted octanol–water partition coefficient (Wildman–Crippen LogP) is 5.58. The molecule has 2 N–H and O–H groups in total. The highest BCUT2D eigenvalue weighted by atomic mass is 32.1. The molecule has 0 spiro atoms. The van der Waals surface area contributed by atoms with Crippen LogP contribution in [0.5, 0.6) is 0 Å². The van der Waals surface area contributed by atoms with Crippen molar-refractivity contribution in [2.45, 2.75) is 65.0 Å². The molecule has 1 amide bonds. The normalized spacial score (nSPS) is 16.6. The van der Waals surface area contributed by atoms with Gasteiger partial charge in [0.1, 0.15) is 10.6 Å². The zero-order chi connectivity index (χ0) is 23.7. The average molecular weight is 478 g/mol. The van der Waals surface area contributed by atoms with Gasteiger partial charge in [0.2, 0.25) is 0 Å². The molecular weight excluding hydrogens is 446 g/mol. The number of hydrogen-bond donors (Lipinski definition) is 2. The molecule has 8 heteroatoms. The van der Waals surface area contributed by atoms with Crippen molar-refractivity contribution in [3.63, 3.8) is 0 Å². The highest BCUT2D eigenvalue weighted by molar-refractivity contribution is 7.17. The molecule has 0 saturated heterocycles. The number of amides is 1. The zero-order valence-corrected chi connectivity index (χ0v) is 20.7. The van der Waals surface area contributed by atoms with Gasteiger partial charge in [0.15, 0.2) is 5.13 Å². The van der Waals surface area contributed by atoms with Crippen LogP contribution >= 0.6 is 11.3 Å². The fourth-order valence-electron chi connectivity index (χ4n) is 4.81. The molecule has 1 aliphatic heterocycles. The lowest BCUT2D eigenvalue weighted by Crippen LogP contribution is -2.36. The molecule has 5 rings (SSSR count). The van der Waals surface area contributed by atoms with Gasteiger partial charge in [-0.15, -0.1) is 0 Å². The summed E-state index contributed by atoms with van der Waals surface area (Å²) in [6.45, 7) is 7.81. The van der Waals surface area contributed by atoms with Crippen LogP contribution in [0.25, 0.3) is 10.9 Å². The summed E-state index contributed by atoms with van der Waals surface area (Å²) in [5.74, 6) is 1.16. The molecule has 4 aromatic rings. The zero-order valence-electron chi connectivity index (χ0n) is 19.9. The van der Waals surface area contributed by atoms with E-state index >= 15 is 0 Å². The fourth-order valence-corrected chi connectivity index (χ4v) is 5.64. The Bertz CT molecular complexity index is 1290. The molecule has 2 atom stereocenters. The van der Waals surface area contributed by atoms with Crippen LogP contribution in [-0.2, 0) is 13.0 Å². The molecule has 0 radical (unpaired) electrons. The number of thiazole rings is 1. The Morgan fingerprint density at radius 2 is 2.24 bits per heavy atom. The minimum atomic E-state index is -0.0448. The van der Waals surface area contributed by atoms with E-state index in [2.05, 4.69) is 63.6 Å². The molecule has 0 fully saturated rings. The maximum absolute atomic E-state index is 13.2. The van der Waals surface area contributed by atoms with E-state index in [1.54, 1.807) is 6.20 Å². The SMILES string of the molecule is CCCCC(Cc1c[nH]c2ccccc12)NC(=O)c1cnc(N2Cc3c(C)noc3[C@@H](C)C2)s1. The number of aryl methyl sites for hydroxylation is 1. The monoisotopic (exact) mass is 477 g/mol. The lowest BCUT2D eigenvalue weighted by Gasteiger charge is -2.29. The molecule has 0 saturated carbocycles. The van der Waals surface area contributed by atoms with Crippen molar-refractivity contribution in [3.05, 3.63) is 64.1 Å². The van der Waals surface area contributed by atoms with Gasteiger partial charge in [-0.3, -0.25) is 4.79 Å². The molecule has 4 heterocycles. The number of H-pyrrole nitrogens is 1. The van der Waals surface area contributed by atoms with E-state index in [-0.39, 0.29) is 17.9 Å². The van der Waals surface area contributed by atoms with Crippen LogP contribution < -0.4 is 10.2 Å². The summed E-state index contributed by atoms with van der Waals surface area (Å²) in [4.78, 5) is 24.0. The Labute approximate surface area is 203 Å². The van der Waals surface area contributed by atoms with Crippen LogP contribution in [0.2, 0.25) is 0 Å². The number of nitrogens with zero attached hydrogens (tertiary/aromatic N) is 3. The highest BCUT2D eigenvalue weighted by Crippen LogP contribution is 2.34. The van der Waals surface area contributed by atoms with E-state index < -0.39 is 0 Å². The second-order valence-corrected chi connectivity index (χ2v) is 10.3. The first-order valence-corrected chi connectivity index (χ1v) is 12.9. The first kappa shape index (κ1) is 22.7. The Morgan fingerprint density at radius 1 is 1.38 bits per heavy atom. The molecule has 3 aromatic heterocycles. The van der Waals surface area contributed by atoms with Gasteiger partial charge in [-0.1, -0.05) is 61.4 Å². The number of para-hydroxylation sites is 1. The summed E-state index contributed by atoms with van der Waals surface area (Å²) in [6.07, 6.45) is 7.71. The minimum absolute atomic E-state index is 0.0448. The van der Waals surface area contributed by atoms with Crippen LogP contribution in [0.15, 0.2) is 41.2 Å². The first-order chi connectivity index (χ1) is 16.5. The Morgan fingerprint density at radius 3 is 3.09 bits per heavy atom. The number of rotatable bonds is 8. The molecule has 7 nitrogen and oxygen atoms in total. The number of carbonyl (C=O) groups excluding carboxylic acids is 1. The number of benzene rings is 1. The molecule has 0 bridgehead atoms. The number of fused-ring (bicyclic) bond motifs is 2. The third-order valence-electron chi connectivity index (χ3n) is 6.68. The largest absolute Gasteiger partial charge is 0.361 e. The third-order valence-corrected chi connectivity index (χ3v) is 7.73. The van der Waals surface area contributed by atoms with Crippen LogP contribution in [-0.4, -0.2) is 33.6 Å². The summed E-state index contributed by atoms with van der Waals surface area (Å²) >= 11 is 1.45. The predicted molar refractivity (Wildman–Crippen MR) is 136 cm³/mol. The Hall–Kier alpha value is -3.13. The maximum Gasteiger partial charge on any atom is 0.263 e. The number of hydrogen-bond acceptors (Lipinski definition) is 6. The van der Waals surface area contributed by atoms with Crippen molar-refractivity contribution in [3.8, 4) is 0 Å². The summed E-state index contributed by atoms with van der Waals surface area (Å²) in [5, 5.41) is 9.51. The van der Waals surface area contributed by atoms with Crippen LogP contribution in [0.4, 0.5) is 5.13 Å². The summed E-state index contributed by atoms with van der Waals surface area (Å²) in [7, 11) is 0. The van der Waals surface area contributed by atoms with Gasteiger partial charge in [0, 0.05) is 41.2 Å². The van der Waals surface area contributed by atoms with Crippen molar-refractivity contribution < 1.29 is 9.32 Å². The highest BCUT2D eigenvalue weighted by Gasteiger charge is 2.30. The van der Waals surface area contributed by atoms with Gasteiger partial charge >= 0.3 is 0 Å². The quantitative estimate of drug-likeness (QED) is 0.346. The van der Waals surface area contributed by atoms with Gasteiger partial charge in [-0.2, -0.15) is 0 Å². The summed E-state index contributed by atoms with van der Waals surface area (Å²) in [5.41, 5.74) is 4.44. The number of anilines is 1. The average Bonchev–Trinajstić information content (AvgIpc) is 3.57. The van der Waals surface area contributed by atoms with Gasteiger partial charge in [-0.25, -0.2) is 4.98 Å². The van der Waals surface area contributed by atoms with Gasteiger partial charge in [0.25, 0.3) is 5.91 Å². The van der Waals surface area contributed by atoms with E-state index in [0.29, 0.717) is 11.4 Å². The van der Waals surface area contributed by atoms with E-state index in [9.17, 15) is 4.79 Å². The van der Waals surface area contributed by atoms with Crippen LogP contribution in [0.1, 0.15) is 71.3 Å². The lowest BCUT2D eigenvalue weighted by atomic mass is 9.98. The van der Waals surface area contributed by atoms with E-state index in [4.69, 9.17) is 4.52 Å². The van der Waals surface area contributed by atoms with Crippen LogP contribution in [0.3, 0.4) is 0 Å². The minimum Gasteiger partial charge on any atom is -0.361 e. The molecule has 0 aliphatic carbocycles. The van der Waals surface area contributed by atoms with Gasteiger partial charge in [0.05, 0.1) is 18.4 Å². The molecule has 1 unspecified atom stereocenters. The molecular formula is C26H31N5O2S. The first-order valence-electron chi connectivity index (χ1n) is 12.0. The number of aromatic nitrogens is 3. The third kappa shape index (κ3) is 4.46.